The van der Waals surface area contributed by atoms with Crippen molar-refractivity contribution in [2.75, 3.05) is 5.32 Å². The normalized spacial score (nSPS) is 11.2. The van der Waals surface area contributed by atoms with Crippen molar-refractivity contribution in [3.63, 3.8) is 0 Å². The van der Waals surface area contributed by atoms with E-state index >= 15 is 0 Å². The number of hydrogen-bond donors (Lipinski definition) is 1. The Hall–Kier alpha value is -1.73. The summed E-state index contributed by atoms with van der Waals surface area (Å²) in [5.41, 5.74) is 0.322. The third kappa shape index (κ3) is 2.74. The van der Waals surface area contributed by atoms with E-state index in [1.807, 2.05) is 0 Å². The fraction of sp³-hybridized carbons (Fsp3) is 0. The van der Waals surface area contributed by atoms with Gasteiger partial charge in [-0.05, 0) is 23.6 Å². The Morgan fingerprint density at radius 3 is 2.56 bits per heavy atom. The first-order valence-corrected chi connectivity index (χ1v) is 7.18. The molecule has 0 aliphatic carbocycles. The average molecular weight is 285 g/mol. The van der Waals surface area contributed by atoms with E-state index in [1.165, 1.54) is 29.5 Å². The molecule has 18 heavy (non-hydrogen) atoms. The van der Waals surface area contributed by atoms with Crippen LogP contribution in [0.15, 0.2) is 46.0 Å². The molecule has 0 aliphatic heterocycles. The molecule has 0 saturated carbocycles. The zero-order chi connectivity index (χ0) is 13.2. The van der Waals surface area contributed by atoms with Gasteiger partial charge in [-0.3, -0.25) is 4.79 Å². The number of carbonyl (C=O) groups excluding carboxylic acids is 1. The summed E-state index contributed by atoms with van der Waals surface area (Å²) in [4.78, 5) is 11.2. The molecule has 7 heteroatoms. The first-order chi connectivity index (χ1) is 8.48. The lowest BCUT2D eigenvalue weighted by Crippen LogP contribution is -2.13. The highest BCUT2D eigenvalue weighted by atomic mass is 32.3. The molecule has 2 aromatic rings. The Morgan fingerprint density at radius 2 is 1.94 bits per heavy atom. The molecule has 0 saturated heterocycles. The first-order valence-electron chi connectivity index (χ1n) is 4.86. The molecule has 1 heterocycles. The van der Waals surface area contributed by atoms with Gasteiger partial charge in [-0.25, -0.2) is 0 Å². The number of anilines is 1. The molecule has 94 valence electrons. The SMILES string of the molecule is O=C(Nc1ccccc1S(=O)(=O)F)c1ccsc1. The number of halogens is 1. The van der Waals surface area contributed by atoms with Gasteiger partial charge in [0.25, 0.3) is 5.91 Å². The van der Waals surface area contributed by atoms with Gasteiger partial charge in [0, 0.05) is 5.38 Å². The predicted octanol–water partition coefficient (Wildman–Crippen LogP) is 2.66. The molecule has 0 aliphatic rings. The van der Waals surface area contributed by atoms with Gasteiger partial charge in [0.2, 0.25) is 0 Å². The summed E-state index contributed by atoms with van der Waals surface area (Å²) < 4.78 is 34.8. The Balaban J connectivity index is 2.33. The molecular weight excluding hydrogens is 277 g/mol. The average Bonchev–Trinajstić information content (AvgIpc) is 2.81. The van der Waals surface area contributed by atoms with Crippen molar-refractivity contribution in [2.45, 2.75) is 4.90 Å². The standard InChI is InChI=1S/C11H8FNO3S2/c12-18(15,16)10-4-2-1-3-9(10)13-11(14)8-5-6-17-7-8/h1-7H,(H,13,14). The van der Waals surface area contributed by atoms with Gasteiger partial charge in [-0.1, -0.05) is 12.1 Å². The quantitative estimate of drug-likeness (QED) is 0.882. The zero-order valence-corrected chi connectivity index (χ0v) is 10.6. The topological polar surface area (TPSA) is 63.2 Å². The number of rotatable bonds is 3. The monoisotopic (exact) mass is 285 g/mol. The third-order valence-corrected chi connectivity index (χ3v) is 3.75. The summed E-state index contributed by atoms with van der Waals surface area (Å²) in [6.45, 7) is 0. The van der Waals surface area contributed by atoms with E-state index in [2.05, 4.69) is 5.32 Å². The fourth-order valence-corrected chi connectivity index (χ4v) is 2.63. The Kier molecular flexibility index (Phi) is 3.44. The highest BCUT2D eigenvalue weighted by Crippen LogP contribution is 2.23. The maximum atomic E-state index is 13.0. The molecular formula is C11H8FNO3S2. The fourth-order valence-electron chi connectivity index (χ4n) is 1.37. The van der Waals surface area contributed by atoms with E-state index in [1.54, 1.807) is 16.8 Å². The van der Waals surface area contributed by atoms with Crippen LogP contribution in [0.4, 0.5) is 9.57 Å². The van der Waals surface area contributed by atoms with E-state index in [4.69, 9.17) is 0 Å². The van der Waals surface area contributed by atoms with Crippen LogP contribution in [0.2, 0.25) is 0 Å². The van der Waals surface area contributed by atoms with E-state index in [0.29, 0.717) is 5.56 Å². The summed E-state index contributed by atoms with van der Waals surface area (Å²) in [6, 6.07) is 6.91. The molecule has 1 amide bonds. The third-order valence-electron chi connectivity index (χ3n) is 2.18. The van der Waals surface area contributed by atoms with Crippen molar-refractivity contribution >= 4 is 33.2 Å². The van der Waals surface area contributed by atoms with Crippen LogP contribution in [-0.4, -0.2) is 14.3 Å². The second-order valence-corrected chi connectivity index (χ2v) is 5.50. The van der Waals surface area contributed by atoms with Gasteiger partial charge >= 0.3 is 10.2 Å². The maximum absolute atomic E-state index is 13.0. The molecule has 1 aromatic heterocycles. The molecule has 0 bridgehead atoms. The molecule has 1 N–H and O–H groups in total. The van der Waals surface area contributed by atoms with E-state index < -0.39 is 21.0 Å². The summed E-state index contributed by atoms with van der Waals surface area (Å²) in [5, 5.41) is 5.70. The van der Waals surface area contributed by atoms with Crippen molar-refractivity contribution in [1.82, 2.24) is 0 Å². The molecule has 2 rings (SSSR count). The van der Waals surface area contributed by atoms with Crippen LogP contribution in [0, 0.1) is 0 Å². The van der Waals surface area contributed by atoms with E-state index in [-0.39, 0.29) is 5.69 Å². The molecule has 0 unspecified atom stereocenters. The number of benzene rings is 1. The minimum Gasteiger partial charge on any atom is -0.321 e. The second kappa shape index (κ2) is 4.87. The molecule has 4 nitrogen and oxygen atoms in total. The summed E-state index contributed by atoms with van der Waals surface area (Å²) in [5.74, 6) is -0.479. The number of hydrogen-bond acceptors (Lipinski definition) is 4. The van der Waals surface area contributed by atoms with Crippen molar-refractivity contribution in [3.05, 3.63) is 46.7 Å². The predicted molar refractivity (Wildman–Crippen MR) is 67.0 cm³/mol. The number of nitrogens with one attached hydrogen (secondary N) is 1. The maximum Gasteiger partial charge on any atom is 0.334 e. The summed E-state index contributed by atoms with van der Waals surface area (Å²) >= 11 is 1.34. The highest BCUT2D eigenvalue weighted by molar-refractivity contribution is 7.86. The number of amides is 1. The van der Waals surface area contributed by atoms with Crippen LogP contribution < -0.4 is 5.32 Å². The minimum absolute atomic E-state index is 0.0730. The van der Waals surface area contributed by atoms with Crippen LogP contribution in [0.5, 0.6) is 0 Å². The zero-order valence-electron chi connectivity index (χ0n) is 8.96. The van der Waals surface area contributed by atoms with Crippen LogP contribution >= 0.6 is 11.3 Å². The second-order valence-electron chi connectivity index (χ2n) is 3.40. The van der Waals surface area contributed by atoms with Crippen molar-refractivity contribution in [3.8, 4) is 0 Å². The van der Waals surface area contributed by atoms with Gasteiger partial charge in [-0.15, -0.1) is 3.89 Å². The number of carbonyl (C=O) groups is 1. The number of para-hydroxylation sites is 1. The summed E-state index contributed by atoms with van der Waals surface area (Å²) in [6.07, 6.45) is 0. The van der Waals surface area contributed by atoms with Crippen molar-refractivity contribution < 1.29 is 17.1 Å². The summed E-state index contributed by atoms with van der Waals surface area (Å²) in [7, 11) is -4.86. The van der Waals surface area contributed by atoms with Crippen LogP contribution in [0.3, 0.4) is 0 Å². The van der Waals surface area contributed by atoms with Gasteiger partial charge in [-0.2, -0.15) is 19.8 Å². The van der Waals surface area contributed by atoms with Crippen LogP contribution in [-0.2, 0) is 10.2 Å². The smallest absolute Gasteiger partial charge is 0.321 e. The Morgan fingerprint density at radius 1 is 1.22 bits per heavy atom. The van der Waals surface area contributed by atoms with Gasteiger partial charge in [0.05, 0.1) is 11.3 Å². The largest absolute Gasteiger partial charge is 0.334 e. The molecule has 0 spiro atoms. The van der Waals surface area contributed by atoms with Gasteiger partial charge < -0.3 is 5.32 Å². The van der Waals surface area contributed by atoms with Crippen LogP contribution in [0.25, 0.3) is 0 Å². The van der Waals surface area contributed by atoms with Gasteiger partial charge in [0.15, 0.2) is 0 Å². The first kappa shape index (κ1) is 12.7. The van der Waals surface area contributed by atoms with Gasteiger partial charge in [0.1, 0.15) is 4.90 Å². The molecule has 0 atom stereocenters. The molecule has 0 fully saturated rings. The van der Waals surface area contributed by atoms with E-state index in [9.17, 15) is 17.1 Å². The number of thiophene rings is 1. The van der Waals surface area contributed by atoms with E-state index in [0.717, 1.165) is 6.07 Å². The molecule has 1 aromatic carbocycles. The van der Waals surface area contributed by atoms with Crippen LogP contribution in [0.1, 0.15) is 10.4 Å². The van der Waals surface area contributed by atoms with Crippen molar-refractivity contribution in [2.24, 2.45) is 0 Å². The molecule has 0 radical (unpaired) electrons. The lowest BCUT2D eigenvalue weighted by atomic mass is 10.3. The van der Waals surface area contributed by atoms with Crippen molar-refractivity contribution in [1.29, 1.82) is 0 Å². The Bertz CT molecular complexity index is 665. The Labute approximate surface area is 107 Å². The highest BCUT2D eigenvalue weighted by Gasteiger charge is 2.18. The lowest BCUT2D eigenvalue weighted by Gasteiger charge is -2.07. The minimum atomic E-state index is -4.86. The lowest BCUT2D eigenvalue weighted by molar-refractivity contribution is 0.102.